The summed E-state index contributed by atoms with van der Waals surface area (Å²) in [6, 6.07) is 0. The number of piperidine rings is 1. The molecule has 1 unspecified atom stereocenters. The van der Waals surface area contributed by atoms with Crippen LogP contribution in [0.25, 0.3) is 0 Å². The van der Waals surface area contributed by atoms with Crippen LogP contribution in [0.15, 0.2) is 0 Å². The first kappa shape index (κ1) is 14.1. The first-order valence-electron chi connectivity index (χ1n) is 7.14. The second-order valence-electron chi connectivity index (χ2n) is 5.18. The second-order valence-corrected chi connectivity index (χ2v) is 5.18. The van der Waals surface area contributed by atoms with Gasteiger partial charge >= 0.3 is 0 Å². The molecule has 2 heterocycles. The minimum atomic E-state index is -0.240. The molecule has 5 nitrogen and oxygen atoms in total. The molecule has 19 heavy (non-hydrogen) atoms. The van der Waals surface area contributed by atoms with E-state index in [1.807, 2.05) is 14.0 Å². The van der Waals surface area contributed by atoms with Gasteiger partial charge < -0.3 is 15.3 Å². The van der Waals surface area contributed by atoms with Crippen LogP contribution in [0.4, 0.5) is 11.6 Å². The van der Waals surface area contributed by atoms with E-state index >= 15 is 0 Å². The number of aliphatic hydroxyl groups is 1. The van der Waals surface area contributed by atoms with Crippen LogP contribution in [0.1, 0.15) is 37.6 Å². The summed E-state index contributed by atoms with van der Waals surface area (Å²) in [6.45, 7) is 5.81. The Morgan fingerprint density at radius 2 is 2.21 bits per heavy atom. The summed E-state index contributed by atoms with van der Waals surface area (Å²) in [7, 11) is 1.89. The van der Waals surface area contributed by atoms with Crippen molar-refractivity contribution in [3.05, 3.63) is 11.4 Å². The van der Waals surface area contributed by atoms with Crippen LogP contribution >= 0.6 is 0 Å². The van der Waals surface area contributed by atoms with E-state index in [4.69, 9.17) is 4.98 Å². The Balaban J connectivity index is 2.33. The first-order valence-corrected chi connectivity index (χ1v) is 7.14. The monoisotopic (exact) mass is 264 g/mol. The lowest BCUT2D eigenvalue weighted by Gasteiger charge is -2.32. The summed E-state index contributed by atoms with van der Waals surface area (Å²) < 4.78 is 0. The Kier molecular flexibility index (Phi) is 4.58. The Hall–Kier alpha value is -1.36. The van der Waals surface area contributed by atoms with Crippen molar-refractivity contribution in [1.82, 2.24) is 9.97 Å². The highest BCUT2D eigenvalue weighted by Gasteiger charge is 2.22. The number of hydrogen-bond acceptors (Lipinski definition) is 5. The summed E-state index contributed by atoms with van der Waals surface area (Å²) in [5.41, 5.74) is 1.07. The van der Waals surface area contributed by atoms with Gasteiger partial charge in [0, 0.05) is 32.1 Å². The smallest absolute Gasteiger partial charge is 0.137 e. The van der Waals surface area contributed by atoms with Gasteiger partial charge in [0.2, 0.25) is 0 Å². The van der Waals surface area contributed by atoms with E-state index in [0.29, 0.717) is 6.54 Å². The van der Waals surface area contributed by atoms with E-state index in [2.05, 4.69) is 22.1 Å². The average molecular weight is 264 g/mol. The standard InChI is InChI=1S/C14H24N4O/c1-4-6-12-16-13(15-3)10(2)14(17-12)18-8-5-7-11(19)9-18/h11,19H,4-9H2,1-3H3,(H,15,16,17). The predicted octanol–water partition coefficient (Wildman–Crippen LogP) is 1.74. The topological polar surface area (TPSA) is 61.3 Å². The van der Waals surface area contributed by atoms with Crippen LogP contribution in [0.2, 0.25) is 0 Å². The highest BCUT2D eigenvalue weighted by Crippen LogP contribution is 2.26. The fraction of sp³-hybridized carbons (Fsp3) is 0.714. The fourth-order valence-corrected chi connectivity index (χ4v) is 2.58. The summed E-state index contributed by atoms with van der Waals surface area (Å²) in [4.78, 5) is 11.4. The zero-order valence-corrected chi connectivity index (χ0v) is 12.1. The van der Waals surface area contributed by atoms with E-state index in [1.54, 1.807) is 0 Å². The maximum absolute atomic E-state index is 9.83. The van der Waals surface area contributed by atoms with Gasteiger partial charge in [0.15, 0.2) is 0 Å². The maximum atomic E-state index is 9.83. The van der Waals surface area contributed by atoms with Crippen LogP contribution in [-0.2, 0) is 6.42 Å². The largest absolute Gasteiger partial charge is 0.391 e. The zero-order valence-electron chi connectivity index (χ0n) is 12.1. The van der Waals surface area contributed by atoms with Gasteiger partial charge in [-0.3, -0.25) is 0 Å². The van der Waals surface area contributed by atoms with Gasteiger partial charge in [-0.1, -0.05) is 6.92 Å². The van der Waals surface area contributed by atoms with Crippen molar-refractivity contribution >= 4 is 11.6 Å². The number of anilines is 2. The van der Waals surface area contributed by atoms with Crippen molar-refractivity contribution in [2.45, 2.75) is 45.6 Å². The SMILES string of the molecule is CCCc1nc(NC)c(C)c(N2CCCC(O)C2)n1. The maximum Gasteiger partial charge on any atom is 0.137 e. The molecule has 0 saturated carbocycles. The molecular weight excluding hydrogens is 240 g/mol. The van der Waals surface area contributed by atoms with Crippen molar-refractivity contribution in [1.29, 1.82) is 0 Å². The van der Waals surface area contributed by atoms with E-state index < -0.39 is 0 Å². The molecule has 1 saturated heterocycles. The van der Waals surface area contributed by atoms with E-state index in [9.17, 15) is 5.11 Å². The first-order chi connectivity index (χ1) is 9.15. The van der Waals surface area contributed by atoms with Crippen LogP contribution in [0.5, 0.6) is 0 Å². The van der Waals surface area contributed by atoms with Crippen LogP contribution in [0, 0.1) is 6.92 Å². The molecule has 0 aromatic carbocycles. The van der Waals surface area contributed by atoms with Crippen molar-refractivity contribution < 1.29 is 5.11 Å². The average Bonchev–Trinajstić information content (AvgIpc) is 2.41. The number of nitrogens with one attached hydrogen (secondary N) is 1. The highest BCUT2D eigenvalue weighted by atomic mass is 16.3. The normalized spacial score (nSPS) is 19.6. The molecule has 1 aromatic heterocycles. The molecular formula is C14H24N4O. The lowest BCUT2D eigenvalue weighted by molar-refractivity contribution is 0.154. The number of nitrogens with zero attached hydrogens (tertiary/aromatic N) is 3. The molecule has 1 aliphatic rings. The number of aromatic nitrogens is 2. The van der Waals surface area contributed by atoms with Gasteiger partial charge in [-0.15, -0.1) is 0 Å². The Labute approximate surface area is 115 Å². The van der Waals surface area contributed by atoms with Crippen LogP contribution < -0.4 is 10.2 Å². The molecule has 5 heteroatoms. The third-order valence-electron chi connectivity index (χ3n) is 3.57. The van der Waals surface area contributed by atoms with Crippen molar-refractivity contribution in [2.24, 2.45) is 0 Å². The molecule has 2 rings (SSSR count). The summed E-state index contributed by atoms with van der Waals surface area (Å²) in [5.74, 6) is 2.75. The zero-order chi connectivity index (χ0) is 13.8. The predicted molar refractivity (Wildman–Crippen MR) is 77.8 cm³/mol. The van der Waals surface area contributed by atoms with Gasteiger partial charge in [-0.05, 0) is 26.2 Å². The van der Waals surface area contributed by atoms with E-state index in [-0.39, 0.29) is 6.10 Å². The lowest BCUT2D eigenvalue weighted by atomic mass is 10.1. The van der Waals surface area contributed by atoms with E-state index in [0.717, 1.165) is 55.3 Å². The van der Waals surface area contributed by atoms with Crippen molar-refractivity contribution in [3.8, 4) is 0 Å². The van der Waals surface area contributed by atoms with Gasteiger partial charge in [-0.2, -0.15) is 0 Å². The minimum absolute atomic E-state index is 0.240. The van der Waals surface area contributed by atoms with Gasteiger partial charge in [-0.25, -0.2) is 9.97 Å². The number of aryl methyl sites for hydroxylation is 1. The highest BCUT2D eigenvalue weighted by molar-refractivity contribution is 5.58. The van der Waals surface area contributed by atoms with Gasteiger partial charge in [0.05, 0.1) is 6.10 Å². The van der Waals surface area contributed by atoms with Gasteiger partial charge in [0.25, 0.3) is 0 Å². The molecule has 0 spiro atoms. The van der Waals surface area contributed by atoms with Crippen molar-refractivity contribution in [3.63, 3.8) is 0 Å². The molecule has 0 radical (unpaired) electrons. The minimum Gasteiger partial charge on any atom is -0.391 e. The fourth-order valence-electron chi connectivity index (χ4n) is 2.58. The van der Waals surface area contributed by atoms with Crippen LogP contribution in [-0.4, -0.2) is 41.3 Å². The number of β-amino-alcohol motifs (C(OH)–C–C–N with tert-alkyl or cyclic N) is 1. The van der Waals surface area contributed by atoms with Crippen LogP contribution in [0.3, 0.4) is 0 Å². The molecule has 106 valence electrons. The molecule has 0 bridgehead atoms. The van der Waals surface area contributed by atoms with Gasteiger partial charge in [0.1, 0.15) is 17.5 Å². The summed E-state index contributed by atoms with van der Waals surface area (Å²) in [5, 5.41) is 13.0. The number of hydrogen-bond donors (Lipinski definition) is 2. The molecule has 1 fully saturated rings. The summed E-state index contributed by atoms with van der Waals surface area (Å²) >= 11 is 0. The summed E-state index contributed by atoms with van der Waals surface area (Å²) in [6.07, 6.45) is 3.59. The number of rotatable bonds is 4. The second kappa shape index (κ2) is 6.19. The Morgan fingerprint density at radius 1 is 1.42 bits per heavy atom. The lowest BCUT2D eigenvalue weighted by Crippen LogP contribution is -2.39. The molecule has 0 aliphatic carbocycles. The third kappa shape index (κ3) is 3.15. The molecule has 0 amide bonds. The third-order valence-corrected chi connectivity index (χ3v) is 3.57. The molecule has 1 aromatic rings. The molecule has 1 atom stereocenters. The number of aliphatic hydroxyl groups excluding tert-OH is 1. The van der Waals surface area contributed by atoms with E-state index in [1.165, 1.54) is 0 Å². The quantitative estimate of drug-likeness (QED) is 0.867. The Bertz CT molecular complexity index is 436. The molecule has 1 aliphatic heterocycles. The Morgan fingerprint density at radius 3 is 2.84 bits per heavy atom. The molecule has 2 N–H and O–H groups in total. The van der Waals surface area contributed by atoms with Crippen molar-refractivity contribution in [2.75, 3.05) is 30.4 Å².